The molecule has 0 amide bonds. The Hall–Kier alpha value is -2.40. The molecule has 0 N–H and O–H groups in total. The second kappa shape index (κ2) is 6.01. The van der Waals surface area contributed by atoms with Gasteiger partial charge in [0.1, 0.15) is 6.04 Å². The lowest BCUT2D eigenvalue weighted by molar-refractivity contribution is 0.0915. The zero-order valence-electron chi connectivity index (χ0n) is 12.7. The molecule has 5 heteroatoms. The molecule has 0 fully saturated rings. The standard InChI is InChI=1S/C18H17NO3S/c1-23(21,22)19-13-12-16(14-8-4-2-5-9-14)17(19)18(20)15-10-6-3-7-11-15/h2-13,16-17H,1H3/t16-,17+/m0/s1. The second-order valence-corrected chi connectivity index (χ2v) is 7.43. The summed E-state index contributed by atoms with van der Waals surface area (Å²) >= 11 is 0. The van der Waals surface area contributed by atoms with E-state index in [1.807, 2.05) is 36.4 Å². The lowest BCUT2D eigenvalue weighted by atomic mass is 9.88. The SMILES string of the molecule is CS(=O)(=O)N1C=C[C@@H](c2ccccc2)[C@@H]1C(=O)c1ccccc1. The Kier molecular flexibility index (Phi) is 4.05. The Morgan fingerprint density at radius 3 is 2.09 bits per heavy atom. The average molecular weight is 327 g/mol. The van der Waals surface area contributed by atoms with Crippen LogP contribution in [-0.2, 0) is 10.0 Å². The van der Waals surface area contributed by atoms with E-state index in [1.165, 1.54) is 10.5 Å². The summed E-state index contributed by atoms with van der Waals surface area (Å²) in [5.41, 5.74) is 1.43. The van der Waals surface area contributed by atoms with Gasteiger partial charge in [0.25, 0.3) is 0 Å². The van der Waals surface area contributed by atoms with Gasteiger partial charge in [-0.2, -0.15) is 0 Å². The number of benzene rings is 2. The van der Waals surface area contributed by atoms with Crippen LogP contribution in [0.4, 0.5) is 0 Å². The lowest BCUT2D eigenvalue weighted by Gasteiger charge is -2.27. The number of carbonyl (C=O) groups is 1. The summed E-state index contributed by atoms with van der Waals surface area (Å²) in [6.45, 7) is 0. The van der Waals surface area contributed by atoms with Crippen molar-refractivity contribution in [3.8, 4) is 0 Å². The highest BCUT2D eigenvalue weighted by Crippen LogP contribution is 2.34. The lowest BCUT2D eigenvalue weighted by Crippen LogP contribution is -2.41. The Morgan fingerprint density at radius 1 is 0.957 bits per heavy atom. The van der Waals surface area contributed by atoms with Crippen molar-refractivity contribution in [1.82, 2.24) is 4.31 Å². The molecule has 2 aromatic carbocycles. The van der Waals surface area contributed by atoms with Gasteiger partial charge in [0.2, 0.25) is 10.0 Å². The van der Waals surface area contributed by atoms with E-state index in [0.29, 0.717) is 5.56 Å². The van der Waals surface area contributed by atoms with E-state index in [0.717, 1.165) is 11.8 Å². The van der Waals surface area contributed by atoms with E-state index in [9.17, 15) is 13.2 Å². The third kappa shape index (κ3) is 3.05. The van der Waals surface area contributed by atoms with Gasteiger partial charge in [-0.05, 0) is 5.56 Å². The molecule has 0 radical (unpaired) electrons. The predicted octanol–water partition coefficient (Wildman–Crippen LogP) is 2.81. The summed E-state index contributed by atoms with van der Waals surface area (Å²) in [5, 5.41) is 0. The van der Waals surface area contributed by atoms with Gasteiger partial charge in [-0.15, -0.1) is 0 Å². The van der Waals surface area contributed by atoms with E-state index in [4.69, 9.17) is 0 Å². The fraction of sp³-hybridized carbons (Fsp3) is 0.167. The molecule has 2 aromatic rings. The van der Waals surface area contributed by atoms with Gasteiger partial charge >= 0.3 is 0 Å². The first-order valence-corrected chi connectivity index (χ1v) is 9.14. The monoisotopic (exact) mass is 327 g/mol. The van der Waals surface area contributed by atoms with E-state index >= 15 is 0 Å². The van der Waals surface area contributed by atoms with Gasteiger partial charge in [-0.3, -0.25) is 9.10 Å². The third-order valence-electron chi connectivity index (χ3n) is 3.95. The molecule has 1 aliphatic rings. The summed E-state index contributed by atoms with van der Waals surface area (Å²) in [4.78, 5) is 12.9. The Bertz CT molecular complexity index is 829. The minimum Gasteiger partial charge on any atom is -0.292 e. The number of hydrogen-bond donors (Lipinski definition) is 0. The molecule has 0 bridgehead atoms. The number of hydrogen-bond acceptors (Lipinski definition) is 3. The van der Waals surface area contributed by atoms with Crippen molar-refractivity contribution < 1.29 is 13.2 Å². The quantitative estimate of drug-likeness (QED) is 0.812. The molecular formula is C18H17NO3S. The maximum absolute atomic E-state index is 12.9. The summed E-state index contributed by atoms with van der Waals surface area (Å²) in [7, 11) is -3.52. The van der Waals surface area contributed by atoms with Gasteiger partial charge in [0, 0.05) is 17.7 Å². The van der Waals surface area contributed by atoms with Crippen LogP contribution in [0.2, 0.25) is 0 Å². The molecular weight excluding hydrogens is 310 g/mol. The van der Waals surface area contributed by atoms with Crippen LogP contribution in [0.25, 0.3) is 0 Å². The van der Waals surface area contributed by atoms with Crippen LogP contribution in [-0.4, -0.2) is 30.8 Å². The number of ketones is 1. The summed E-state index contributed by atoms with van der Waals surface area (Å²) in [6, 6.07) is 17.5. The topological polar surface area (TPSA) is 54.5 Å². The first kappa shape index (κ1) is 15.5. The third-order valence-corrected chi connectivity index (χ3v) is 5.06. The highest BCUT2D eigenvalue weighted by atomic mass is 32.2. The van der Waals surface area contributed by atoms with Crippen LogP contribution in [0.15, 0.2) is 72.9 Å². The molecule has 0 saturated heterocycles. The molecule has 0 unspecified atom stereocenters. The van der Waals surface area contributed by atoms with Gasteiger partial charge in [-0.1, -0.05) is 66.7 Å². The predicted molar refractivity (Wildman–Crippen MR) is 89.6 cm³/mol. The van der Waals surface area contributed by atoms with E-state index < -0.39 is 16.1 Å². The van der Waals surface area contributed by atoms with Gasteiger partial charge in [0.15, 0.2) is 5.78 Å². The summed E-state index contributed by atoms with van der Waals surface area (Å²) < 4.78 is 25.3. The summed E-state index contributed by atoms with van der Waals surface area (Å²) in [6.07, 6.45) is 4.40. The molecule has 23 heavy (non-hydrogen) atoms. The number of nitrogens with zero attached hydrogens (tertiary/aromatic N) is 1. The van der Waals surface area contributed by atoms with Crippen molar-refractivity contribution in [1.29, 1.82) is 0 Å². The minimum absolute atomic E-state index is 0.199. The van der Waals surface area contributed by atoms with Crippen LogP contribution < -0.4 is 0 Å². The molecule has 0 aromatic heterocycles. The minimum atomic E-state index is -3.52. The highest BCUT2D eigenvalue weighted by molar-refractivity contribution is 7.88. The van der Waals surface area contributed by atoms with Crippen molar-refractivity contribution in [2.45, 2.75) is 12.0 Å². The number of rotatable bonds is 4. The second-order valence-electron chi connectivity index (χ2n) is 5.55. The molecule has 0 spiro atoms. The first-order chi connectivity index (χ1) is 11.0. The van der Waals surface area contributed by atoms with Crippen molar-refractivity contribution in [2.75, 3.05) is 6.26 Å². The van der Waals surface area contributed by atoms with E-state index in [2.05, 4.69) is 0 Å². The molecule has 0 saturated carbocycles. The number of sulfonamides is 1. The zero-order chi connectivity index (χ0) is 16.4. The normalized spacial score (nSPS) is 20.7. The molecule has 2 atom stereocenters. The van der Waals surface area contributed by atoms with Crippen LogP contribution in [0.1, 0.15) is 21.8 Å². The molecule has 3 rings (SSSR count). The van der Waals surface area contributed by atoms with Gasteiger partial charge in [-0.25, -0.2) is 8.42 Å². The van der Waals surface area contributed by atoms with Crippen LogP contribution in [0.3, 0.4) is 0 Å². The number of Topliss-reactive ketones (excluding diaryl/α,β-unsaturated/α-hetero) is 1. The zero-order valence-corrected chi connectivity index (χ0v) is 13.5. The fourth-order valence-corrected chi connectivity index (χ4v) is 3.80. The molecule has 0 aliphatic carbocycles. The van der Waals surface area contributed by atoms with Crippen LogP contribution in [0, 0.1) is 0 Å². The van der Waals surface area contributed by atoms with E-state index in [-0.39, 0.29) is 11.7 Å². The number of carbonyl (C=O) groups excluding carboxylic acids is 1. The molecule has 4 nitrogen and oxygen atoms in total. The van der Waals surface area contributed by atoms with Crippen molar-refractivity contribution >= 4 is 15.8 Å². The van der Waals surface area contributed by atoms with Crippen LogP contribution >= 0.6 is 0 Å². The maximum Gasteiger partial charge on any atom is 0.232 e. The molecule has 118 valence electrons. The van der Waals surface area contributed by atoms with Gasteiger partial charge < -0.3 is 0 Å². The fourth-order valence-electron chi connectivity index (χ4n) is 2.87. The Labute approximate surface area is 136 Å². The average Bonchev–Trinajstić information content (AvgIpc) is 3.01. The smallest absolute Gasteiger partial charge is 0.232 e. The van der Waals surface area contributed by atoms with Crippen molar-refractivity contribution in [2.24, 2.45) is 0 Å². The highest BCUT2D eigenvalue weighted by Gasteiger charge is 2.40. The maximum atomic E-state index is 12.9. The summed E-state index contributed by atoms with van der Waals surface area (Å²) in [5.74, 6) is -0.492. The molecule has 1 aliphatic heterocycles. The van der Waals surface area contributed by atoms with E-state index in [1.54, 1.807) is 30.3 Å². The Balaban J connectivity index is 2.04. The first-order valence-electron chi connectivity index (χ1n) is 7.29. The molecule has 1 heterocycles. The van der Waals surface area contributed by atoms with Crippen LogP contribution in [0.5, 0.6) is 0 Å². The Morgan fingerprint density at radius 2 is 1.52 bits per heavy atom. The largest absolute Gasteiger partial charge is 0.292 e. The van der Waals surface area contributed by atoms with Crippen molar-refractivity contribution in [3.05, 3.63) is 84.1 Å². The van der Waals surface area contributed by atoms with Gasteiger partial charge in [0.05, 0.1) is 6.26 Å². The van der Waals surface area contributed by atoms with Crippen molar-refractivity contribution in [3.63, 3.8) is 0 Å².